The Labute approximate surface area is 149 Å². The summed E-state index contributed by atoms with van der Waals surface area (Å²) in [6, 6.07) is 13.2. The molecule has 0 saturated heterocycles. The Morgan fingerprint density at radius 3 is 2.54 bits per heavy atom. The molecule has 2 aromatic carbocycles. The first kappa shape index (κ1) is 18.3. The number of hydrogen-bond acceptors (Lipinski definition) is 4. The summed E-state index contributed by atoms with van der Waals surface area (Å²) in [5.74, 6) is -0.492. The van der Waals surface area contributed by atoms with Crippen molar-refractivity contribution in [3.63, 3.8) is 0 Å². The van der Waals surface area contributed by atoms with Gasteiger partial charge in [-0.3, -0.25) is 4.79 Å². The Morgan fingerprint density at radius 2 is 1.88 bits per heavy atom. The Bertz CT molecular complexity index is 880. The van der Waals surface area contributed by atoms with Crippen LogP contribution in [0.15, 0.2) is 63.0 Å². The fourth-order valence-electron chi connectivity index (χ4n) is 1.81. The second-order valence-corrected chi connectivity index (χ2v) is 8.04. The minimum atomic E-state index is -3.59. The van der Waals surface area contributed by atoms with E-state index in [0.717, 1.165) is 14.3 Å². The normalized spacial score (nSPS) is 11.8. The van der Waals surface area contributed by atoms with Crippen LogP contribution in [-0.4, -0.2) is 38.9 Å². The van der Waals surface area contributed by atoms with E-state index in [2.05, 4.69) is 26.5 Å². The quantitative estimate of drug-likeness (QED) is 0.608. The fourth-order valence-corrected chi connectivity index (χ4v) is 3.15. The molecule has 0 unspecified atom stereocenters. The van der Waals surface area contributed by atoms with E-state index in [1.165, 1.54) is 44.6 Å². The van der Waals surface area contributed by atoms with Crippen LogP contribution >= 0.6 is 15.9 Å². The average molecular weight is 410 g/mol. The average Bonchev–Trinajstić information content (AvgIpc) is 2.56. The first-order chi connectivity index (χ1) is 11.3. The number of nitrogens with one attached hydrogen (secondary N) is 1. The summed E-state index contributed by atoms with van der Waals surface area (Å²) < 4.78 is 26.1. The molecule has 0 saturated carbocycles. The van der Waals surface area contributed by atoms with Crippen molar-refractivity contribution in [3.05, 3.63) is 64.1 Å². The van der Waals surface area contributed by atoms with Gasteiger partial charge in [0.15, 0.2) is 0 Å². The maximum absolute atomic E-state index is 12.1. The van der Waals surface area contributed by atoms with E-state index in [0.29, 0.717) is 0 Å². The molecule has 126 valence electrons. The van der Waals surface area contributed by atoms with Gasteiger partial charge in [0.25, 0.3) is 5.91 Å². The number of hydrazone groups is 1. The number of carbonyl (C=O) groups is 1. The maximum Gasteiger partial charge on any atom is 0.271 e. The standard InChI is InChI=1S/C16H16BrN3O3S/c1-20(2)24(22,23)14-8-5-7-12(10-14)16(21)19-18-11-13-6-3-4-9-15(13)17/h3-11H,1-2H3,(H,19,21)/b18-11-. The lowest BCUT2D eigenvalue weighted by Gasteiger charge is -2.11. The predicted octanol–water partition coefficient (Wildman–Crippen LogP) is 2.46. The molecule has 0 aromatic heterocycles. The molecule has 0 aliphatic carbocycles. The predicted molar refractivity (Wildman–Crippen MR) is 96.5 cm³/mol. The van der Waals surface area contributed by atoms with Crippen molar-refractivity contribution in [2.75, 3.05) is 14.1 Å². The summed E-state index contributed by atoms with van der Waals surface area (Å²) in [5.41, 5.74) is 3.40. The second kappa shape index (κ2) is 7.69. The molecular weight excluding hydrogens is 394 g/mol. The number of nitrogens with zero attached hydrogens (tertiary/aromatic N) is 2. The van der Waals surface area contributed by atoms with Crippen LogP contribution in [0.25, 0.3) is 0 Å². The molecule has 0 aliphatic rings. The largest absolute Gasteiger partial charge is 0.271 e. The summed E-state index contributed by atoms with van der Waals surface area (Å²) in [7, 11) is -0.724. The smallest absolute Gasteiger partial charge is 0.267 e. The van der Waals surface area contributed by atoms with Crippen LogP contribution in [-0.2, 0) is 10.0 Å². The highest BCUT2D eigenvalue weighted by Crippen LogP contribution is 2.15. The highest BCUT2D eigenvalue weighted by Gasteiger charge is 2.18. The van der Waals surface area contributed by atoms with E-state index >= 15 is 0 Å². The van der Waals surface area contributed by atoms with Crippen LogP contribution in [0.2, 0.25) is 0 Å². The third-order valence-corrected chi connectivity index (χ3v) is 5.68. The summed E-state index contributed by atoms with van der Waals surface area (Å²) >= 11 is 3.38. The number of halogens is 1. The van der Waals surface area contributed by atoms with Crippen molar-refractivity contribution >= 4 is 38.1 Å². The summed E-state index contributed by atoms with van der Waals surface area (Å²) in [6.07, 6.45) is 1.50. The Kier molecular flexibility index (Phi) is 5.87. The molecule has 0 radical (unpaired) electrons. The number of benzene rings is 2. The lowest BCUT2D eigenvalue weighted by molar-refractivity contribution is 0.0955. The van der Waals surface area contributed by atoms with Crippen LogP contribution in [0.1, 0.15) is 15.9 Å². The van der Waals surface area contributed by atoms with Gasteiger partial charge in [-0.2, -0.15) is 5.10 Å². The molecule has 6 nitrogen and oxygen atoms in total. The van der Waals surface area contributed by atoms with E-state index in [1.807, 2.05) is 24.3 Å². The van der Waals surface area contributed by atoms with Gasteiger partial charge < -0.3 is 0 Å². The van der Waals surface area contributed by atoms with Crippen molar-refractivity contribution in [2.24, 2.45) is 5.10 Å². The Balaban J connectivity index is 2.15. The van der Waals surface area contributed by atoms with E-state index < -0.39 is 15.9 Å². The van der Waals surface area contributed by atoms with Gasteiger partial charge in [-0.1, -0.05) is 40.2 Å². The minimum absolute atomic E-state index is 0.0509. The lowest BCUT2D eigenvalue weighted by atomic mass is 10.2. The van der Waals surface area contributed by atoms with Crippen LogP contribution in [0.3, 0.4) is 0 Å². The zero-order chi connectivity index (χ0) is 17.7. The van der Waals surface area contributed by atoms with E-state index in [1.54, 1.807) is 0 Å². The van der Waals surface area contributed by atoms with E-state index in [9.17, 15) is 13.2 Å². The van der Waals surface area contributed by atoms with Gasteiger partial charge in [0.05, 0.1) is 11.1 Å². The van der Waals surface area contributed by atoms with Crippen molar-refractivity contribution in [1.29, 1.82) is 0 Å². The van der Waals surface area contributed by atoms with Crippen LogP contribution < -0.4 is 5.43 Å². The van der Waals surface area contributed by atoms with Gasteiger partial charge in [-0.05, 0) is 24.3 Å². The molecule has 1 N–H and O–H groups in total. The number of amides is 1. The Morgan fingerprint density at radius 1 is 1.17 bits per heavy atom. The third kappa shape index (κ3) is 4.28. The summed E-state index contributed by atoms with van der Waals surface area (Å²) in [5, 5.41) is 3.89. The molecular formula is C16H16BrN3O3S. The molecule has 0 fully saturated rings. The molecule has 2 aromatic rings. The van der Waals surface area contributed by atoms with E-state index in [-0.39, 0.29) is 10.5 Å². The number of hydrogen-bond donors (Lipinski definition) is 1. The zero-order valence-corrected chi connectivity index (χ0v) is 15.5. The van der Waals surface area contributed by atoms with Crippen molar-refractivity contribution < 1.29 is 13.2 Å². The molecule has 0 spiro atoms. The molecule has 0 bridgehead atoms. The van der Waals surface area contributed by atoms with Crippen LogP contribution in [0.5, 0.6) is 0 Å². The highest BCUT2D eigenvalue weighted by molar-refractivity contribution is 9.10. The molecule has 2 rings (SSSR count). The number of sulfonamides is 1. The first-order valence-corrected chi connectivity index (χ1v) is 9.16. The fraction of sp³-hybridized carbons (Fsp3) is 0.125. The SMILES string of the molecule is CN(C)S(=O)(=O)c1cccc(C(=O)N/N=C\c2ccccc2Br)c1. The van der Waals surface area contributed by atoms with Gasteiger partial charge in [-0.15, -0.1) is 0 Å². The zero-order valence-electron chi connectivity index (χ0n) is 13.1. The van der Waals surface area contributed by atoms with Crippen LogP contribution in [0, 0.1) is 0 Å². The van der Waals surface area contributed by atoms with Crippen molar-refractivity contribution in [1.82, 2.24) is 9.73 Å². The highest BCUT2D eigenvalue weighted by atomic mass is 79.9. The van der Waals surface area contributed by atoms with Crippen LogP contribution in [0.4, 0.5) is 0 Å². The molecule has 0 aliphatic heterocycles. The Hall–Kier alpha value is -2.03. The molecule has 0 heterocycles. The third-order valence-electron chi connectivity index (χ3n) is 3.15. The van der Waals surface area contributed by atoms with Crippen molar-refractivity contribution in [2.45, 2.75) is 4.90 Å². The monoisotopic (exact) mass is 409 g/mol. The topological polar surface area (TPSA) is 78.8 Å². The van der Waals surface area contributed by atoms with Gasteiger partial charge in [0, 0.05) is 29.7 Å². The molecule has 8 heteroatoms. The van der Waals surface area contributed by atoms with Gasteiger partial charge >= 0.3 is 0 Å². The minimum Gasteiger partial charge on any atom is -0.267 e. The van der Waals surface area contributed by atoms with Gasteiger partial charge in [-0.25, -0.2) is 18.1 Å². The molecule has 1 amide bonds. The van der Waals surface area contributed by atoms with Gasteiger partial charge in [0.2, 0.25) is 10.0 Å². The first-order valence-electron chi connectivity index (χ1n) is 6.93. The van der Waals surface area contributed by atoms with E-state index in [4.69, 9.17) is 0 Å². The second-order valence-electron chi connectivity index (χ2n) is 5.04. The number of rotatable bonds is 5. The van der Waals surface area contributed by atoms with Gasteiger partial charge in [0.1, 0.15) is 0 Å². The molecule has 0 atom stereocenters. The number of carbonyl (C=O) groups excluding carboxylic acids is 1. The summed E-state index contributed by atoms with van der Waals surface area (Å²) in [4.78, 5) is 12.2. The summed E-state index contributed by atoms with van der Waals surface area (Å²) in [6.45, 7) is 0. The molecule has 24 heavy (non-hydrogen) atoms. The maximum atomic E-state index is 12.1. The van der Waals surface area contributed by atoms with Crippen molar-refractivity contribution in [3.8, 4) is 0 Å². The lowest BCUT2D eigenvalue weighted by Crippen LogP contribution is -2.23.